The largest absolute Gasteiger partial charge is 0.864 e. The van der Waals surface area contributed by atoms with Gasteiger partial charge < -0.3 is 28.2 Å². The lowest BCUT2D eigenvalue weighted by atomic mass is 9.89. The molecule has 0 spiro atoms. The number of ether oxygens (including phenoxy) is 3. The Hall–Kier alpha value is -5.50. The van der Waals surface area contributed by atoms with Gasteiger partial charge in [-0.2, -0.15) is 124 Å². The maximum atomic E-state index is 15.9. The highest BCUT2D eigenvalue weighted by Crippen LogP contribution is 2.53. The molecule has 4 rings (SSSR count). The highest BCUT2D eigenvalue weighted by atomic mass is 19.4. The minimum absolute atomic E-state index is 0.00167. The molecular weight excluding hydrogens is 1230 g/mol. The second-order valence-corrected chi connectivity index (χ2v) is 19.4. The second kappa shape index (κ2) is 29.2. The summed E-state index contributed by atoms with van der Waals surface area (Å²) in [5, 5.41) is 0. The topological polar surface area (TPSA) is 55.4 Å². The third kappa shape index (κ3) is 20.3. The van der Waals surface area contributed by atoms with Crippen molar-refractivity contribution in [2.75, 3.05) is 26.4 Å². The first-order chi connectivity index (χ1) is 39.2. The van der Waals surface area contributed by atoms with E-state index in [4.69, 9.17) is 28.2 Å². The zero-order chi connectivity index (χ0) is 65.9. The monoisotopic (exact) mass is 1280 g/mol. The van der Waals surface area contributed by atoms with Gasteiger partial charge in [0, 0.05) is 20.8 Å². The van der Waals surface area contributed by atoms with Gasteiger partial charge >= 0.3 is 56.7 Å². The van der Waals surface area contributed by atoms with Gasteiger partial charge in [0.15, 0.2) is 12.5 Å². The first kappa shape index (κ1) is 74.8. The summed E-state index contributed by atoms with van der Waals surface area (Å²) in [6.07, 6.45) is -43.1. The van der Waals surface area contributed by atoms with Crippen LogP contribution in [0, 0.1) is 6.07 Å². The van der Waals surface area contributed by atoms with Gasteiger partial charge in [-0.05, 0) is 80.6 Å². The summed E-state index contributed by atoms with van der Waals surface area (Å²) in [6, 6.07) is 0.814. The van der Waals surface area contributed by atoms with E-state index in [1.54, 1.807) is 19.9 Å². The van der Waals surface area contributed by atoms with Crippen LogP contribution in [0.4, 0.5) is 105 Å². The number of nitrogens with zero attached hydrogens (tertiary/aromatic N) is 1. The van der Waals surface area contributed by atoms with Gasteiger partial charge in [0.1, 0.15) is 17.2 Å². The number of rotatable bonds is 25. The van der Waals surface area contributed by atoms with Crippen LogP contribution < -0.4 is 14.0 Å². The minimum Gasteiger partial charge on any atom is -0.490 e. The smallest absolute Gasteiger partial charge is 0.490 e. The van der Waals surface area contributed by atoms with E-state index in [0.717, 1.165) is 13.3 Å². The summed E-state index contributed by atoms with van der Waals surface area (Å²) in [5.41, 5.74) is -19.7. The maximum absolute atomic E-state index is 15.9. The van der Waals surface area contributed by atoms with Crippen LogP contribution >= 0.6 is 0 Å². The van der Waals surface area contributed by atoms with E-state index >= 15 is 13.2 Å². The van der Waals surface area contributed by atoms with E-state index in [0.29, 0.717) is 44.2 Å². The zero-order valence-electron chi connectivity index (χ0n) is 46.5. The van der Waals surface area contributed by atoms with Gasteiger partial charge in [0.25, 0.3) is 0 Å². The van der Waals surface area contributed by atoms with Crippen molar-refractivity contribution < 1.29 is 138 Å². The Kier molecular flexibility index (Phi) is 25.4. The van der Waals surface area contributed by atoms with Crippen molar-refractivity contribution in [2.45, 2.75) is 167 Å². The molecule has 0 N–H and O–H groups in total. The average molecular weight is 1280 g/mol. The lowest BCUT2D eigenvalue weighted by Crippen LogP contribution is -2.72. The number of hydrogen-bond donors (Lipinski definition) is 0. The highest BCUT2D eigenvalue weighted by molar-refractivity contribution is 6.39. The first-order valence-electron chi connectivity index (χ1n) is 26.0. The predicted molar refractivity (Wildman–Crippen MR) is 261 cm³/mol. The molecule has 0 saturated heterocycles. The molecule has 0 amide bonds. The number of halogens is 24. The molecule has 4 aromatic rings. The van der Waals surface area contributed by atoms with Crippen molar-refractivity contribution in [2.24, 2.45) is 0 Å². The van der Waals surface area contributed by atoms with Crippen LogP contribution in [0.25, 0.3) is 0 Å². The predicted octanol–water partition coefficient (Wildman–Crippen LogP) is 19.8. The Morgan fingerprint density at radius 3 is 1.09 bits per heavy atom. The molecule has 0 radical (unpaired) electrons. The number of unbranched alkanes of at least 4 members (excludes halogenated alkanes) is 4. The van der Waals surface area contributed by atoms with Crippen LogP contribution in [0.2, 0.25) is 0 Å². The Morgan fingerprint density at radius 1 is 0.407 bits per heavy atom. The van der Waals surface area contributed by atoms with Crippen LogP contribution in [0.3, 0.4) is 0 Å². The molecule has 3 atom stereocenters. The van der Waals surface area contributed by atoms with Crippen molar-refractivity contribution in [1.29, 1.82) is 0 Å². The second-order valence-electron chi connectivity index (χ2n) is 19.4. The van der Waals surface area contributed by atoms with Gasteiger partial charge in [-0.15, -0.1) is 6.07 Å². The molecule has 0 aliphatic heterocycles. The van der Waals surface area contributed by atoms with Crippen molar-refractivity contribution in [3.05, 3.63) is 123 Å². The molecule has 86 heavy (non-hydrogen) atoms. The molecule has 486 valence electrons. The fourth-order valence-electron chi connectivity index (χ4n) is 8.85. The van der Waals surface area contributed by atoms with E-state index in [1.807, 2.05) is 6.92 Å². The molecule has 32 heteroatoms. The van der Waals surface area contributed by atoms with E-state index < -0.39 is 165 Å². The molecular formula is C54H58BF24NO6. The SMILES string of the molecule is CCCCCCC[N+](C(C)OCCC)(C(C)OCCC)C(C)(OCCC)c1c(OB(Oc2cc(C(F)(F)F)cc(C(F)(F)F)c2)Oc2cc(C(F)(F)F)cc(C(F)(F)F)c2)cc(C(F)(F)F)cc1C(F)(F)F.FC(F)(F)c1c[c-]cc(C(F)(F)F)c1. The maximum Gasteiger partial charge on any atom is 0.864 e. The summed E-state index contributed by atoms with van der Waals surface area (Å²) >= 11 is 0. The molecule has 0 heterocycles. The van der Waals surface area contributed by atoms with Crippen LogP contribution in [0.1, 0.15) is 150 Å². The number of alkyl halides is 24. The standard InChI is InChI=1S/C46H55BF18NO6.C8H3F6/c1-8-12-13-14-15-16-66(28(5)67-17-9-2,29(6)68-18-10-3)40(7,69-19-11-4)39-37(46(63,64)65)26-34(45(60,61)62)27-38(39)72-47(70-35-22-30(41(48,49)50)20-31(23-35)42(51,52)53)71-36-24-32(43(54,55)56)21-33(25-36)44(57,58)59;9-7(10,11)5-2-1-3-6(4-5)8(12,13)14/h20-29H,8-19H2,1-7H3;2-4H/q+1;-1. The Balaban J connectivity index is 0.00000121. The molecule has 4 aromatic carbocycles. The summed E-state index contributed by atoms with van der Waals surface area (Å²) in [4.78, 5) is 0. The van der Waals surface area contributed by atoms with Crippen molar-refractivity contribution in [3.63, 3.8) is 0 Å². The molecule has 0 aromatic heterocycles. The zero-order valence-corrected chi connectivity index (χ0v) is 46.5. The van der Waals surface area contributed by atoms with Gasteiger partial charge in [0.2, 0.25) is 5.72 Å². The molecule has 0 bridgehead atoms. The van der Waals surface area contributed by atoms with E-state index in [1.165, 1.54) is 20.8 Å². The summed E-state index contributed by atoms with van der Waals surface area (Å²) in [5.74, 6) is -4.94. The van der Waals surface area contributed by atoms with Crippen molar-refractivity contribution in [1.82, 2.24) is 0 Å². The highest BCUT2D eigenvalue weighted by Gasteiger charge is 2.62. The minimum atomic E-state index is -5.86. The van der Waals surface area contributed by atoms with Crippen LogP contribution in [-0.4, -0.2) is 50.6 Å². The molecule has 0 aliphatic carbocycles. The Bertz CT molecular complexity index is 2590. The summed E-state index contributed by atoms with van der Waals surface area (Å²) < 4.78 is 367. The number of benzene rings is 4. The van der Waals surface area contributed by atoms with E-state index in [9.17, 15) is 92.2 Å². The first-order valence-corrected chi connectivity index (χ1v) is 26.0. The van der Waals surface area contributed by atoms with Gasteiger partial charge in [0.05, 0.1) is 65.3 Å². The van der Waals surface area contributed by atoms with Crippen LogP contribution in [-0.2, 0) is 69.3 Å². The molecule has 7 nitrogen and oxygen atoms in total. The average Bonchev–Trinajstić information content (AvgIpc) is 1.55. The lowest BCUT2D eigenvalue weighted by molar-refractivity contribution is -1.07. The summed E-state index contributed by atoms with van der Waals surface area (Å²) in [6.45, 7) is 9.79. The third-order valence-corrected chi connectivity index (χ3v) is 12.9. The van der Waals surface area contributed by atoms with E-state index in [2.05, 4.69) is 0 Å². The molecule has 0 aliphatic rings. The lowest BCUT2D eigenvalue weighted by Gasteiger charge is -2.56. The normalized spacial score (nSPS) is 15.2. The molecule has 3 unspecified atom stereocenters. The van der Waals surface area contributed by atoms with Crippen molar-refractivity contribution in [3.8, 4) is 17.2 Å². The molecule has 0 fully saturated rings. The Labute approximate surface area is 478 Å². The van der Waals surface area contributed by atoms with Crippen LogP contribution in [0.5, 0.6) is 17.2 Å². The van der Waals surface area contributed by atoms with Crippen molar-refractivity contribution >= 4 is 7.32 Å². The van der Waals surface area contributed by atoms with Crippen LogP contribution in [0.15, 0.2) is 66.7 Å². The van der Waals surface area contributed by atoms with E-state index in [-0.39, 0.29) is 75.1 Å². The fourth-order valence-corrected chi connectivity index (χ4v) is 8.85. The van der Waals surface area contributed by atoms with Gasteiger partial charge in [-0.25, -0.2) is 4.48 Å². The number of hydrogen-bond acceptors (Lipinski definition) is 6. The van der Waals surface area contributed by atoms with Gasteiger partial charge in [-0.1, -0.05) is 58.1 Å². The fraction of sp³-hybridized carbons (Fsp3) is 0.556. The molecule has 0 saturated carbocycles. The number of quaternary nitrogens is 1. The summed E-state index contributed by atoms with van der Waals surface area (Å²) in [7, 11) is -3.42. The Morgan fingerprint density at radius 2 is 0.756 bits per heavy atom. The quantitative estimate of drug-likeness (QED) is 0.0165. The third-order valence-electron chi connectivity index (χ3n) is 12.9. The van der Waals surface area contributed by atoms with Gasteiger partial charge in [-0.3, -0.25) is 0 Å².